The van der Waals surface area contributed by atoms with Crippen LogP contribution in [0.5, 0.6) is 0 Å². The van der Waals surface area contributed by atoms with Crippen LogP contribution in [0.1, 0.15) is 11.4 Å². The van der Waals surface area contributed by atoms with Crippen molar-refractivity contribution in [3.8, 4) is 0 Å². The molecule has 0 fully saturated rings. The minimum Gasteiger partial charge on any atom is -0.385 e. The normalized spacial score (nSPS) is 10.4. The lowest BCUT2D eigenvalue weighted by molar-refractivity contribution is -0.385. The van der Waals surface area contributed by atoms with E-state index in [9.17, 15) is 10.1 Å². The Balaban J connectivity index is 1.95. The first-order valence-electron chi connectivity index (χ1n) is 6.03. The third kappa shape index (κ3) is 3.09. The smallest absolute Gasteiger partial charge is 0.272 e. The van der Waals surface area contributed by atoms with Gasteiger partial charge in [0.05, 0.1) is 4.92 Å². The van der Waals surface area contributed by atoms with Gasteiger partial charge in [-0.2, -0.15) is 0 Å². The fourth-order valence-corrected chi connectivity index (χ4v) is 1.93. The molecule has 1 aromatic heterocycles. The molecule has 0 aliphatic carbocycles. The molecule has 2 aromatic rings. The van der Waals surface area contributed by atoms with Gasteiger partial charge in [-0.15, -0.1) is 0 Å². The van der Waals surface area contributed by atoms with Crippen LogP contribution in [0.3, 0.4) is 0 Å². The number of nitro benzene ring substituents is 1. The molecule has 1 N–H and O–H groups in total. The molecule has 0 saturated carbocycles. The first kappa shape index (κ1) is 13.1. The quantitative estimate of drug-likeness (QED) is 0.661. The van der Waals surface area contributed by atoms with Gasteiger partial charge in [-0.05, 0) is 19.1 Å². The third-order valence-electron chi connectivity index (χ3n) is 2.99. The molecule has 6 nitrogen and oxygen atoms in total. The average Bonchev–Trinajstić information content (AvgIpc) is 2.75. The minimum atomic E-state index is -0.368. The molecule has 0 atom stereocenters. The van der Waals surface area contributed by atoms with Crippen LogP contribution >= 0.6 is 0 Å². The van der Waals surface area contributed by atoms with Gasteiger partial charge in [-0.25, -0.2) is 4.98 Å². The van der Waals surface area contributed by atoms with Gasteiger partial charge < -0.3 is 9.88 Å². The first-order chi connectivity index (χ1) is 9.08. The van der Waals surface area contributed by atoms with Gasteiger partial charge in [0.2, 0.25) is 0 Å². The monoisotopic (exact) mass is 260 g/mol. The fourth-order valence-electron chi connectivity index (χ4n) is 1.93. The molecule has 0 bridgehead atoms. The molecule has 0 aliphatic heterocycles. The van der Waals surface area contributed by atoms with E-state index in [2.05, 4.69) is 10.3 Å². The summed E-state index contributed by atoms with van der Waals surface area (Å²) in [5.74, 6) is 1.01. The number of hydrogen-bond donors (Lipinski definition) is 1. The van der Waals surface area contributed by atoms with Crippen molar-refractivity contribution in [3.63, 3.8) is 0 Å². The minimum absolute atomic E-state index is 0.148. The molecule has 0 spiro atoms. The highest BCUT2D eigenvalue weighted by molar-refractivity contribution is 5.53. The van der Waals surface area contributed by atoms with Gasteiger partial charge >= 0.3 is 0 Å². The molecule has 0 aliphatic rings. The maximum atomic E-state index is 10.7. The third-order valence-corrected chi connectivity index (χ3v) is 2.99. The number of benzene rings is 1. The molecule has 6 heteroatoms. The Kier molecular flexibility index (Phi) is 3.79. The Bertz CT molecular complexity index is 592. The van der Waals surface area contributed by atoms with E-state index in [1.807, 2.05) is 17.8 Å². The summed E-state index contributed by atoms with van der Waals surface area (Å²) in [5.41, 5.74) is 1.69. The van der Waals surface area contributed by atoms with Crippen LogP contribution in [-0.4, -0.2) is 21.0 Å². The second-order valence-corrected chi connectivity index (χ2v) is 4.39. The van der Waals surface area contributed by atoms with Crippen LogP contribution in [0.2, 0.25) is 0 Å². The molecule has 2 rings (SSSR count). The predicted octanol–water partition coefficient (Wildman–Crippen LogP) is 2.29. The van der Waals surface area contributed by atoms with E-state index in [0.717, 1.165) is 24.5 Å². The van der Waals surface area contributed by atoms with Crippen LogP contribution in [0.25, 0.3) is 0 Å². The van der Waals surface area contributed by atoms with E-state index in [4.69, 9.17) is 0 Å². The summed E-state index contributed by atoms with van der Waals surface area (Å²) in [7, 11) is 1.96. The van der Waals surface area contributed by atoms with Crippen molar-refractivity contribution in [1.82, 2.24) is 9.55 Å². The van der Waals surface area contributed by atoms with Crippen molar-refractivity contribution in [2.45, 2.75) is 13.3 Å². The van der Waals surface area contributed by atoms with E-state index >= 15 is 0 Å². The number of nitrogens with one attached hydrogen (secondary N) is 1. The SMILES string of the molecule is Cc1cc(NCCc2nccn2C)ccc1[N+](=O)[O-]. The van der Waals surface area contributed by atoms with Crippen LogP contribution in [0.4, 0.5) is 11.4 Å². The van der Waals surface area contributed by atoms with Gasteiger partial charge in [-0.1, -0.05) is 0 Å². The van der Waals surface area contributed by atoms with Crippen molar-refractivity contribution in [2.24, 2.45) is 7.05 Å². The largest absolute Gasteiger partial charge is 0.385 e. The Labute approximate surface area is 111 Å². The standard InChI is InChI=1S/C13H16N4O2/c1-10-9-11(3-4-12(10)17(18)19)14-6-5-13-15-7-8-16(13)2/h3-4,7-9,14H,5-6H2,1-2H3. The summed E-state index contributed by atoms with van der Waals surface area (Å²) in [6.07, 6.45) is 4.48. The van der Waals surface area contributed by atoms with Crippen LogP contribution < -0.4 is 5.32 Å². The highest BCUT2D eigenvalue weighted by atomic mass is 16.6. The molecule has 0 amide bonds. The lowest BCUT2D eigenvalue weighted by Gasteiger charge is -2.07. The number of anilines is 1. The number of nitro groups is 1. The van der Waals surface area contributed by atoms with Crippen LogP contribution in [0, 0.1) is 17.0 Å². The summed E-state index contributed by atoms with van der Waals surface area (Å²) in [6.45, 7) is 2.48. The van der Waals surface area contributed by atoms with E-state index < -0.39 is 0 Å². The van der Waals surface area contributed by atoms with Crippen LogP contribution in [-0.2, 0) is 13.5 Å². The maximum absolute atomic E-state index is 10.7. The number of aryl methyl sites for hydroxylation is 2. The van der Waals surface area contributed by atoms with Gasteiger partial charge in [0, 0.05) is 49.7 Å². The molecule has 100 valence electrons. The molecule has 0 unspecified atom stereocenters. The van der Waals surface area contributed by atoms with Crippen molar-refractivity contribution in [3.05, 3.63) is 52.1 Å². The Hall–Kier alpha value is -2.37. The Morgan fingerprint density at radius 2 is 2.26 bits per heavy atom. The topological polar surface area (TPSA) is 73.0 Å². The number of aromatic nitrogens is 2. The second kappa shape index (κ2) is 5.51. The number of nitrogens with zero attached hydrogens (tertiary/aromatic N) is 3. The van der Waals surface area contributed by atoms with E-state index in [-0.39, 0.29) is 10.6 Å². The Morgan fingerprint density at radius 1 is 1.47 bits per heavy atom. The molecular weight excluding hydrogens is 244 g/mol. The molecule has 0 radical (unpaired) electrons. The fraction of sp³-hybridized carbons (Fsp3) is 0.308. The van der Waals surface area contributed by atoms with Crippen molar-refractivity contribution < 1.29 is 4.92 Å². The average molecular weight is 260 g/mol. The summed E-state index contributed by atoms with van der Waals surface area (Å²) in [5, 5.41) is 14.0. The number of rotatable bonds is 5. The predicted molar refractivity (Wildman–Crippen MR) is 73.2 cm³/mol. The molecule has 0 saturated heterocycles. The molecule has 1 heterocycles. The lowest BCUT2D eigenvalue weighted by atomic mass is 10.2. The number of imidazole rings is 1. The maximum Gasteiger partial charge on any atom is 0.272 e. The lowest BCUT2D eigenvalue weighted by Crippen LogP contribution is -2.08. The van der Waals surface area contributed by atoms with Crippen molar-refractivity contribution in [2.75, 3.05) is 11.9 Å². The first-order valence-corrected chi connectivity index (χ1v) is 6.03. The molecule has 19 heavy (non-hydrogen) atoms. The van der Waals surface area contributed by atoms with Gasteiger partial charge in [0.15, 0.2) is 0 Å². The zero-order chi connectivity index (χ0) is 13.8. The van der Waals surface area contributed by atoms with Gasteiger partial charge in [-0.3, -0.25) is 10.1 Å². The summed E-state index contributed by atoms with van der Waals surface area (Å²) >= 11 is 0. The van der Waals surface area contributed by atoms with E-state index in [1.165, 1.54) is 6.07 Å². The van der Waals surface area contributed by atoms with E-state index in [0.29, 0.717) is 5.56 Å². The van der Waals surface area contributed by atoms with Gasteiger partial charge in [0.25, 0.3) is 5.69 Å². The van der Waals surface area contributed by atoms with Crippen LogP contribution in [0.15, 0.2) is 30.6 Å². The second-order valence-electron chi connectivity index (χ2n) is 4.39. The Morgan fingerprint density at radius 3 is 2.84 bits per heavy atom. The van der Waals surface area contributed by atoms with Crippen molar-refractivity contribution in [1.29, 1.82) is 0 Å². The van der Waals surface area contributed by atoms with E-state index in [1.54, 1.807) is 25.3 Å². The summed E-state index contributed by atoms with van der Waals surface area (Å²) < 4.78 is 1.97. The van der Waals surface area contributed by atoms with Gasteiger partial charge in [0.1, 0.15) is 5.82 Å². The zero-order valence-corrected chi connectivity index (χ0v) is 11.0. The highest BCUT2D eigenvalue weighted by Gasteiger charge is 2.09. The number of hydrogen-bond acceptors (Lipinski definition) is 4. The highest BCUT2D eigenvalue weighted by Crippen LogP contribution is 2.21. The molecule has 1 aromatic carbocycles. The summed E-state index contributed by atoms with van der Waals surface area (Å²) in [6, 6.07) is 5.04. The van der Waals surface area contributed by atoms with Crippen molar-refractivity contribution >= 4 is 11.4 Å². The zero-order valence-electron chi connectivity index (χ0n) is 11.0. The molecular formula is C13H16N4O2. The summed E-state index contributed by atoms with van der Waals surface area (Å²) in [4.78, 5) is 14.6.